The van der Waals surface area contributed by atoms with Crippen LogP contribution in [-0.2, 0) is 43.4 Å². The molecule has 11 unspecified atom stereocenters. The van der Waals surface area contributed by atoms with Gasteiger partial charge in [-0.1, -0.05) is 85.4 Å². The normalized spacial score (nSPS) is 34.2. The van der Waals surface area contributed by atoms with Gasteiger partial charge in [-0.15, -0.1) is 0 Å². The van der Waals surface area contributed by atoms with Gasteiger partial charge >= 0.3 is 6.09 Å². The molecule has 0 bridgehead atoms. The number of Topliss-reactive ketones (excluding diaryl/α,β-unsaturated/α-hetero) is 1. The molecule has 2 spiro atoms. The highest BCUT2D eigenvalue weighted by molar-refractivity contribution is 6.17. The number of aromatic nitrogens is 2. The lowest BCUT2D eigenvalue weighted by Gasteiger charge is -2.62. The molecule has 5 heterocycles. The van der Waals surface area contributed by atoms with Crippen LogP contribution >= 0.6 is 0 Å². The molecule has 3 N–H and O–H groups in total. The summed E-state index contributed by atoms with van der Waals surface area (Å²) in [5.41, 5.74) is 3.00. The van der Waals surface area contributed by atoms with Crippen LogP contribution in [0.1, 0.15) is 106 Å². The molecular formula is C61H72N4O11. The Balaban J connectivity index is 1.13. The number of allylic oxidation sites excluding steroid dienone is 3. The van der Waals surface area contributed by atoms with Crippen LogP contribution in [0.4, 0.5) is 4.79 Å². The summed E-state index contributed by atoms with van der Waals surface area (Å²) in [6, 6.07) is 10.8. The van der Waals surface area contributed by atoms with E-state index >= 15 is 4.79 Å². The zero-order chi connectivity index (χ0) is 54.2. The fourth-order valence-electron chi connectivity index (χ4n) is 14.6. The highest BCUT2D eigenvalue weighted by Crippen LogP contribution is 2.76. The van der Waals surface area contributed by atoms with Crippen molar-refractivity contribution < 1.29 is 52.6 Å². The molecule has 3 saturated heterocycles. The molecule has 15 heteroatoms. The van der Waals surface area contributed by atoms with Crippen molar-refractivity contribution in [3.05, 3.63) is 99.9 Å². The van der Waals surface area contributed by atoms with Gasteiger partial charge in [-0.05, 0) is 108 Å². The smallest absolute Gasteiger partial charge is 0.407 e. The molecule has 15 nitrogen and oxygen atoms in total. The van der Waals surface area contributed by atoms with Crippen molar-refractivity contribution in [2.75, 3.05) is 26.9 Å². The number of hydrogen-bond acceptors (Lipinski definition) is 12. The number of nitrogens with zero attached hydrogens (tertiary/aromatic N) is 2. The number of H-pyrrole nitrogens is 1. The van der Waals surface area contributed by atoms with E-state index in [2.05, 4.69) is 66.9 Å². The summed E-state index contributed by atoms with van der Waals surface area (Å²) in [5.74, 6) is 11.0. The summed E-state index contributed by atoms with van der Waals surface area (Å²) in [7, 11) is 1.31. The molecule has 402 valence electrons. The Hall–Kier alpha value is -5.88. The van der Waals surface area contributed by atoms with E-state index in [4.69, 9.17) is 38.1 Å². The molecule has 2 aromatic carbocycles. The van der Waals surface area contributed by atoms with Crippen LogP contribution in [0.25, 0.3) is 21.8 Å². The molecule has 4 aromatic rings. The van der Waals surface area contributed by atoms with Crippen molar-refractivity contribution >= 4 is 39.6 Å². The number of amides is 2. The van der Waals surface area contributed by atoms with Gasteiger partial charge in [0.1, 0.15) is 35.5 Å². The number of ketones is 1. The molecule has 76 heavy (non-hydrogen) atoms. The Labute approximate surface area is 445 Å². The van der Waals surface area contributed by atoms with Crippen LogP contribution in [0.3, 0.4) is 0 Å². The number of ether oxygens (including phenoxy) is 7. The second-order valence-corrected chi connectivity index (χ2v) is 22.4. The maximum atomic E-state index is 16.5. The van der Waals surface area contributed by atoms with Gasteiger partial charge in [0.05, 0.1) is 50.0 Å². The zero-order valence-electron chi connectivity index (χ0n) is 45.8. The predicted octanol–water partition coefficient (Wildman–Crippen LogP) is 8.36. The van der Waals surface area contributed by atoms with Gasteiger partial charge in [-0.2, -0.15) is 0 Å². The molecule has 2 aromatic heterocycles. The number of aliphatic hydroxyl groups excluding tert-OH is 1. The first-order chi connectivity index (χ1) is 36.3. The van der Waals surface area contributed by atoms with E-state index in [9.17, 15) is 14.7 Å². The number of fused-ring (bicyclic) bond motifs is 3. The Morgan fingerprint density at radius 1 is 1.00 bits per heavy atom. The third-order valence-corrected chi connectivity index (χ3v) is 17.5. The standard InChI is InChI=1S/C61H72N4O11/c1-13-18-43-49-46(19-16-14-15-17-23-59(49)56(64-57(69)70-12)60(32-58(43,59)11)72-25-26-73-60)75-55-52(76-47-30-36(6)45(31-71-47)65(33(2)3)40(10)66)54(68)61(39(9)74-55,48-37(7)27-35(5)28-38(48)8)53(67)51-50-41(22-24-62-51)42-29-34(4)20-21-44(42)63-50/h14-15,18,20-22,24,27-29,33,36,39,45-47,49,52,54-56,63,68H,13,25-26,30-32H2,1-12H3,(H,64,69)/b15-14-,43-18+/t36?,39?,45?,46-,47?,49?,52?,54?,55?,56?,58+,59?,61?/m0/s1. The minimum Gasteiger partial charge on any atom is -0.453 e. The third kappa shape index (κ3) is 8.23. The van der Waals surface area contributed by atoms with Crippen molar-refractivity contribution in [2.45, 2.75) is 162 Å². The molecule has 13 atom stereocenters. The molecule has 0 radical (unpaired) electrons. The van der Waals surface area contributed by atoms with Crippen LogP contribution in [-0.4, -0.2) is 126 Å². The van der Waals surface area contributed by atoms with E-state index in [0.29, 0.717) is 43.6 Å². The van der Waals surface area contributed by atoms with Crippen LogP contribution in [0.2, 0.25) is 0 Å². The lowest BCUT2D eigenvalue weighted by Crippen LogP contribution is -2.70. The summed E-state index contributed by atoms with van der Waals surface area (Å²) in [6.45, 7) is 22.3. The third-order valence-electron chi connectivity index (χ3n) is 17.5. The molecule has 2 saturated carbocycles. The highest BCUT2D eigenvalue weighted by Gasteiger charge is 2.82. The average Bonchev–Trinajstić information content (AvgIpc) is 3.84. The van der Waals surface area contributed by atoms with Gasteiger partial charge < -0.3 is 53.5 Å². The van der Waals surface area contributed by atoms with E-state index in [-0.39, 0.29) is 36.2 Å². The van der Waals surface area contributed by atoms with Crippen molar-refractivity contribution in [1.29, 1.82) is 0 Å². The Kier molecular flexibility index (Phi) is 14.2. The minimum absolute atomic E-state index is 0.0606. The first-order valence-corrected chi connectivity index (χ1v) is 26.8. The number of nitrogens with one attached hydrogen (secondary N) is 2. The Morgan fingerprint density at radius 2 is 1.72 bits per heavy atom. The number of carbonyl (C=O) groups is 3. The van der Waals surface area contributed by atoms with Crippen LogP contribution in [0, 0.1) is 74.0 Å². The summed E-state index contributed by atoms with van der Waals surface area (Å²) >= 11 is 0. The number of aryl methyl sites for hydroxylation is 4. The van der Waals surface area contributed by atoms with Gasteiger partial charge in [-0.25, -0.2) is 4.79 Å². The molecule has 3 aliphatic carbocycles. The maximum Gasteiger partial charge on any atom is 0.407 e. The zero-order valence-corrected chi connectivity index (χ0v) is 45.8. The van der Waals surface area contributed by atoms with E-state index in [1.165, 1.54) is 7.11 Å². The number of benzene rings is 2. The van der Waals surface area contributed by atoms with E-state index in [1.54, 1.807) is 32.2 Å². The SMILES string of the molecule is CC/C=C1\C2[C@@H](OC3OC(C)C(C(=O)c4nccc5c4[nH]c4ccc(C)cc45)(c4c(C)cc(C)cc4C)C(O)C3OC3CC(C)C(N(C(C)=O)C(C)C)CO3)C#C/C=C\C#CC23C(NC(=O)OC)C2(C[C@]13C)OCCO2. The number of hydrogen-bond donors (Lipinski definition) is 3. The lowest BCUT2D eigenvalue weighted by molar-refractivity contribution is -0.337. The lowest BCUT2D eigenvalue weighted by atomic mass is 9.41. The molecule has 10 rings (SSSR count). The van der Waals surface area contributed by atoms with Gasteiger partial charge in [-0.3, -0.25) is 14.6 Å². The average molecular weight is 1040 g/mol. The first-order valence-electron chi connectivity index (χ1n) is 26.8. The number of methoxy groups -OCH3 is 1. The number of rotatable bonds is 11. The molecule has 3 aliphatic heterocycles. The highest BCUT2D eigenvalue weighted by atomic mass is 16.7. The number of carbonyl (C=O) groups excluding carboxylic acids is 3. The maximum absolute atomic E-state index is 16.5. The van der Waals surface area contributed by atoms with Crippen molar-refractivity contribution in [3.8, 4) is 23.7 Å². The number of pyridine rings is 1. The Morgan fingerprint density at radius 3 is 2.39 bits per heavy atom. The van der Waals surface area contributed by atoms with Gasteiger partial charge in [0.2, 0.25) is 5.91 Å². The molecule has 2 amide bonds. The van der Waals surface area contributed by atoms with Crippen LogP contribution in [0.15, 0.2) is 66.4 Å². The number of aliphatic hydroxyl groups is 1. The molecule has 6 aliphatic rings. The quantitative estimate of drug-likeness (QED) is 0.0744. The topological polar surface area (TPSA) is 180 Å². The van der Waals surface area contributed by atoms with E-state index in [1.807, 2.05) is 76.8 Å². The van der Waals surface area contributed by atoms with Gasteiger partial charge in [0, 0.05) is 59.6 Å². The van der Waals surface area contributed by atoms with Crippen molar-refractivity contribution in [3.63, 3.8) is 0 Å². The summed E-state index contributed by atoms with van der Waals surface area (Å²) in [6.07, 6.45) is 0.364. The first kappa shape index (κ1) is 53.5. The fourth-order valence-corrected chi connectivity index (χ4v) is 14.6. The second kappa shape index (κ2) is 20.2. The van der Waals surface area contributed by atoms with Crippen LogP contribution < -0.4 is 5.32 Å². The monoisotopic (exact) mass is 1040 g/mol. The summed E-state index contributed by atoms with van der Waals surface area (Å²) in [5, 5.41) is 18.8. The fraction of sp³-hybridized carbons (Fsp3) is 0.541. The summed E-state index contributed by atoms with van der Waals surface area (Å²) < 4.78 is 46.7. The number of alkyl carbamates (subject to hydrolysis) is 1. The minimum atomic E-state index is -1.86. The predicted molar refractivity (Wildman–Crippen MR) is 286 cm³/mol. The largest absolute Gasteiger partial charge is 0.453 e. The van der Waals surface area contributed by atoms with Crippen LogP contribution in [0.5, 0.6) is 0 Å². The summed E-state index contributed by atoms with van der Waals surface area (Å²) in [4.78, 5) is 53.2. The van der Waals surface area contributed by atoms with Crippen molar-refractivity contribution in [2.24, 2.45) is 22.7 Å². The second-order valence-electron chi connectivity index (χ2n) is 22.4. The van der Waals surface area contributed by atoms with E-state index < -0.39 is 82.9 Å². The van der Waals surface area contributed by atoms with E-state index in [0.717, 1.165) is 44.1 Å². The van der Waals surface area contributed by atoms with Gasteiger partial charge in [0.25, 0.3) is 0 Å². The Bertz CT molecular complexity index is 3150. The molecule has 5 fully saturated rings. The van der Waals surface area contributed by atoms with Gasteiger partial charge in [0.15, 0.2) is 24.2 Å². The van der Waals surface area contributed by atoms with Crippen molar-refractivity contribution in [1.82, 2.24) is 20.2 Å². The number of aromatic amines is 1. The molecular weight excluding hydrogens is 965 g/mol.